The van der Waals surface area contributed by atoms with Crippen molar-refractivity contribution in [2.24, 2.45) is 0 Å². The highest BCUT2D eigenvalue weighted by atomic mass is 16.7. The number of hydrogen-bond acceptors (Lipinski definition) is 9. The van der Waals surface area contributed by atoms with Crippen LogP contribution in [0.15, 0.2) is 0 Å². The molecule has 140 valence electrons. The van der Waals surface area contributed by atoms with Gasteiger partial charge in [0.05, 0.1) is 6.61 Å². The summed E-state index contributed by atoms with van der Waals surface area (Å²) in [6.45, 7) is 3.51. The van der Waals surface area contributed by atoms with Crippen molar-refractivity contribution in [3.8, 4) is 12.3 Å². The fourth-order valence-corrected chi connectivity index (χ4v) is 2.41. The standard InChI is InChI=1S/C16H22O9/c1-6-7-21-8-12-13(22-9(2)17)14(23-10(3)18)15(24-11(4)19)16(20-5)25-12/h1,12-16H,7-8H2,2-5H3/t12-,13-,14+,15-,16+/m1/s1. The molecule has 1 fully saturated rings. The molecule has 9 heteroatoms. The summed E-state index contributed by atoms with van der Waals surface area (Å²) in [4.78, 5) is 34.4. The van der Waals surface area contributed by atoms with E-state index in [0.717, 1.165) is 0 Å². The molecule has 0 N–H and O–H groups in total. The van der Waals surface area contributed by atoms with E-state index < -0.39 is 48.6 Å². The van der Waals surface area contributed by atoms with E-state index in [0.29, 0.717) is 0 Å². The highest BCUT2D eigenvalue weighted by Crippen LogP contribution is 2.29. The Kier molecular flexibility index (Phi) is 8.34. The molecule has 0 aromatic carbocycles. The van der Waals surface area contributed by atoms with E-state index in [1.807, 2.05) is 0 Å². The molecule has 1 aliphatic rings. The van der Waals surface area contributed by atoms with Crippen LogP contribution in [0.5, 0.6) is 0 Å². The Labute approximate surface area is 145 Å². The maximum Gasteiger partial charge on any atom is 0.303 e. The maximum absolute atomic E-state index is 11.5. The van der Waals surface area contributed by atoms with Crippen molar-refractivity contribution in [1.82, 2.24) is 0 Å². The average Bonchev–Trinajstić information content (AvgIpc) is 2.51. The first kappa shape index (κ1) is 20.9. The van der Waals surface area contributed by atoms with Crippen LogP contribution in [0.1, 0.15) is 20.8 Å². The monoisotopic (exact) mass is 358 g/mol. The molecule has 0 bridgehead atoms. The van der Waals surface area contributed by atoms with Crippen LogP contribution in [0.25, 0.3) is 0 Å². The smallest absolute Gasteiger partial charge is 0.303 e. The van der Waals surface area contributed by atoms with E-state index in [1.54, 1.807) is 0 Å². The zero-order chi connectivity index (χ0) is 19.0. The van der Waals surface area contributed by atoms with Gasteiger partial charge in [-0.05, 0) is 0 Å². The quantitative estimate of drug-likeness (QED) is 0.265. The second-order valence-electron chi connectivity index (χ2n) is 5.22. The summed E-state index contributed by atoms with van der Waals surface area (Å²) in [7, 11) is 1.33. The molecular formula is C16H22O9. The zero-order valence-electron chi connectivity index (χ0n) is 14.6. The second-order valence-corrected chi connectivity index (χ2v) is 5.22. The molecule has 0 aromatic rings. The van der Waals surface area contributed by atoms with Crippen molar-refractivity contribution in [2.45, 2.75) is 51.5 Å². The molecular weight excluding hydrogens is 336 g/mol. The van der Waals surface area contributed by atoms with Crippen LogP contribution in [0.3, 0.4) is 0 Å². The van der Waals surface area contributed by atoms with E-state index in [2.05, 4.69) is 5.92 Å². The van der Waals surface area contributed by atoms with Crippen molar-refractivity contribution in [1.29, 1.82) is 0 Å². The van der Waals surface area contributed by atoms with E-state index in [9.17, 15) is 14.4 Å². The van der Waals surface area contributed by atoms with Gasteiger partial charge in [0.2, 0.25) is 0 Å². The molecule has 0 radical (unpaired) electrons. The summed E-state index contributed by atoms with van der Waals surface area (Å²) >= 11 is 0. The van der Waals surface area contributed by atoms with Crippen LogP contribution in [0.2, 0.25) is 0 Å². The van der Waals surface area contributed by atoms with E-state index >= 15 is 0 Å². The molecule has 1 heterocycles. The number of carbonyl (C=O) groups is 3. The first-order chi connectivity index (χ1) is 11.8. The third-order valence-electron chi connectivity index (χ3n) is 3.20. The third-order valence-corrected chi connectivity index (χ3v) is 3.20. The minimum absolute atomic E-state index is 0.00983. The molecule has 0 aromatic heterocycles. The molecule has 5 atom stereocenters. The van der Waals surface area contributed by atoms with Gasteiger partial charge >= 0.3 is 17.9 Å². The van der Waals surface area contributed by atoms with Crippen LogP contribution in [0.4, 0.5) is 0 Å². The van der Waals surface area contributed by atoms with E-state index in [-0.39, 0.29) is 13.2 Å². The van der Waals surface area contributed by atoms with Crippen molar-refractivity contribution < 1.29 is 42.8 Å². The molecule has 1 rings (SSSR count). The Balaban J connectivity index is 3.14. The van der Waals surface area contributed by atoms with Crippen molar-refractivity contribution in [3.63, 3.8) is 0 Å². The molecule has 9 nitrogen and oxygen atoms in total. The van der Waals surface area contributed by atoms with Gasteiger partial charge < -0.3 is 28.4 Å². The molecule has 0 amide bonds. The lowest BCUT2D eigenvalue weighted by molar-refractivity contribution is -0.303. The van der Waals surface area contributed by atoms with Gasteiger partial charge in [0, 0.05) is 27.9 Å². The largest absolute Gasteiger partial charge is 0.456 e. The number of carbonyl (C=O) groups excluding carboxylic acids is 3. The number of hydrogen-bond donors (Lipinski definition) is 0. The second kappa shape index (κ2) is 9.98. The van der Waals surface area contributed by atoms with Crippen LogP contribution in [-0.2, 0) is 42.8 Å². The average molecular weight is 358 g/mol. The Hall–Kier alpha value is -2.15. The molecule has 0 saturated carbocycles. The predicted molar refractivity (Wildman–Crippen MR) is 82.0 cm³/mol. The number of methoxy groups -OCH3 is 1. The Bertz CT molecular complexity index is 524. The minimum Gasteiger partial charge on any atom is -0.456 e. The first-order valence-corrected chi connectivity index (χ1v) is 7.51. The molecule has 1 saturated heterocycles. The molecule has 1 aliphatic heterocycles. The van der Waals surface area contributed by atoms with Gasteiger partial charge in [-0.15, -0.1) is 6.42 Å². The Morgan fingerprint density at radius 3 is 1.96 bits per heavy atom. The summed E-state index contributed by atoms with van der Waals surface area (Å²) in [5.41, 5.74) is 0. The lowest BCUT2D eigenvalue weighted by Gasteiger charge is -2.43. The first-order valence-electron chi connectivity index (χ1n) is 7.51. The number of esters is 3. The predicted octanol–water partition coefficient (Wildman–Crippen LogP) is -0.197. The fourth-order valence-electron chi connectivity index (χ4n) is 2.41. The summed E-state index contributed by atoms with van der Waals surface area (Å²) in [5.74, 6) is 0.365. The van der Waals surface area contributed by atoms with Gasteiger partial charge in [-0.3, -0.25) is 14.4 Å². The van der Waals surface area contributed by atoms with Crippen LogP contribution in [0, 0.1) is 12.3 Å². The van der Waals surface area contributed by atoms with Gasteiger partial charge in [-0.2, -0.15) is 0 Å². The van der Waals surface area contributed by atoms with Crippen molar-refractivity contribution in [2.75, 3.05) is 20.3 Å². The van der Waals surface area contributed by atoms with Crippen LogP contribution in [-0.4, -0.2) is 68.9 Å². The van der Waals surface area contributed by atoms with E-state index in [1.165, 1.54) is 27.9 Å². The molecule has 0 spiro atoms. The molecule has 0 unspecified atom stereocenters. The zero-order valence-corrected chi connectivity index (χ0v) is 14.6. The van der Waals surface area contributed by atoms with Crippen molar-refractivity contribution in [3.05, 3.63) is 0 Å². The van der Waals surface area contributed by atoms with Gasteiger partial charge in [-0.25, -0.2) is 0 Å². The van der Waals surface area contributed by atoms with E-state index in [4.69, 9.17) is 34.8 Å². The van der Waals surface area contributed by atoms with Gasteiger partial charge in [0.1, 0.15) is 12.7 Å². The molecule has 0 aliphatic carbocycles. The van der Waals surface area contributed by atoms with Gasteiger partial charge in [0.15, 0.2) is 24.6 Å². The third kappa shape index (κ3) is 6.34. The fraction of sp³-hybridized carbons (Fsp3) is 0.688. The number of rotatable bonds is 7. The Morgan fingerprint density at radius 2 is 1.48 bits per heavy atom. The Morgan fingerprint density at radius 1 is 0.960 bits per heavy atom. The normalized spacial score (nSPS) is 28.5. The van der Waals surface area contributed by atoms with Gasteiger partial charge in [0.25, 0.3) is 0 Å². The highest BCUT2D eigenvalue weighted by Gasteiger charge is 2.52. The maximum atomic E-state index is 11.5. The SMILES string of the molecule is C#CCOC[C@H]1O[C@H](OC)[C@H](OC(C)=O)[C@@H](OC(C)=O)[C@@H]1OC(C)=O. The topological polar surface area (TPSA) is 107 Å². The van der Waals surface area contributed by atoms with Crippen LogP contribution >= 0.6 is 0 Å². The lowest BCUT2D eigenvalue weighted by Crippen LogP contribution is -2.62. The number of terminal acetylenes is 1. The van der Waals surface area contributed by atoms with Gasteiger partial charge in [-0.1, -0.05) is 5.92 Å². The minimum atomic E-state index is -1.14. The summed E-state index contributed by atoms with van der Waals surface area (Å²) in [6.07, 6.45) is -0.110. The van der Waals surface area contributed by atoms with Crippen LogP contribution < -0.4 is 0 Å². The summed E-state index contributed by atoms with van der Waals surface area (Å²) < 4.78 is 31.7. The molecule has 25 heavy (non-hydrogen) atoms. The highest BCUT2D eigenvalue weighted by molar-refractivity contribution is 5.68. The summed E-state index contributed by atoms with van der Waals surface area (Å²) in [5, 5.41) is 0. The lowest BCUT2D eigenvalue weighted by atomic mass is 9.98. The number of ether oxygens (including phenoxy) is 6. The summed E-state index contributed by atoms with van der Waals surface area (Å²) in [6, 6.07) is 0. The van der Waals surface area contributed by atoms with Crippen molar-refractivity contribution >= 4 is 17.9 Å².